The van der Waals surface area contributed by atoms with E-state index in [1.165, 1.54) is 6.07 Å². The van der Waals surface area contributed by atoms with Crippen LogP contribution in [0.15, 0.2) is 45.8 Å². The van der Waals surface area contributed by atoms with Crippen molar-refractivity contribution in [2.24, 2.45) is 0 Å². The fraction of sp³-hybridized carbons (Fsp3) is 0.200. The molecule has 0 radical (unpaired) electrons. The van der Waals surface area contributed by atoms with Crippen molar-refractivity contribution in [3.63, 3.8) is 0 Å². The van der Waals surface area contributed by atoms with Crippen LogP contribution in [0.3, 0.4) is 0 Å². The maximum Gasteiger partial charge on any atom is 0.137 e. The van der Waals surface area contributed by atoms with Crippen LogP contribution in [0, 0.1) is 11.6 Å². The van der Waals surface area contributed by atoms with Gasteiger partial charge in [0.05, 0.1) is 10.5 Å². The molecule has 0 saturated heterocycles. The lowest BCUT2D eigenvalue weighted by atomic mass is 9.98. The minimum absolute atomic E-state index is 0.131. The summed E-state index contributed by atoms with van der Waals surface area (Å²) in [5.41, 5.74) is 1.23. The first kappa shape index (κ1) is 15.5. The highest BCUT2D eigenvalue weighted by atomic mass is 79.9. The predicted molar refractivity (Wildman–Crippen MR) is 83.2 cm³/mol. The Hall–Kier alpha value is -0.910. The van der Waals surface area contributed by atoms with Gasteiger partial charge in [0.25, 0.3) is 0 Å². The molecule has 0 aliphatic carbocycles. The molecule has 2 aromatic carbocycles. The fourth-order valence-electron chi connectivity index (χ4n) is 2.14. The highest BCUT2D eigenvalue weighted by molar-refractivity contribution is 9.10. The van der Waals surface area contributed by atoms with E-state index in [2.05, 4.69) is 21.2 Å². The largest absolute Gasteiger partial charge is 0.309 e. The van der Waals surface area contributed by atoms with Crippen LogP contribution in [0.5, 0.6) is 0 Å². The van der Waals surface area contributed by atoms with Crippen LogP contribution in [-0.4, -0.2) is 13.3 Å². The lowest BCUT2D eigenvalue weighted by molar-refractivity contribution is 0.552. The molecule has 1 N–H and O–H groups in total. The van der Waals surface area contributed by atoms with E-state index in [9.17, 15) is 8.78 Å². The Morgan fingerprint density at radius 1 is 1.10 bits per heavy atom. The van der Waals surface area contributed by atoms with E-state index in [1.807, 2.05) is 30.5 Å². The molecule has 1 unspecified atom stereocenters. The quantitative estimate of drug-likeness (QED) is 0.625. The first-order chi connectivity index (χ1) is 9.58. The molecule has 0 heterocycles. The van der Waals surface area contributed by atoms with E-state index in [0.29, 0.717) is 5.56 Å². The van der Waals surface area contributed by atoms with E-state index < -0.39 is 11.6 Å². The van der Waals surface area contributed by atoms with Gasteiger partial charge >= 0.3 is 0 Å². The molecule has 0 saturated carbocycles. The zero-order chi connectivity index (χ0) is 14.7. The number of hydrogen-bond acceptors (Lipinski definition) is 2. The Morgan fingerprint density at radius 2 is 1.80 bits per heavy atom. The highest BCUT2D eigenvalue weighted by Crippen LogP contribution is 2.32. The molecule has 2 rings (SSSR count). The minimum atomic E-state index is -0.469. The lowest BCUT2D eigenvalue weighted by Gasteiger charge is -2.20. The molecule has 20 heavy (non-hydrogen) atoms. The van der Waals surface area contributed by atoms with Crippen LogP contribution < -0.4 is 5.32 Å². The van der Waals surface area contributed by atoms with Crippen molar-refractivity contribution in [3.8, 4) is 0 Å². The topological polar surface area (TPSA) is 12.0 Å². The molecule has 106 valence electrons. The molecule has 2 aromatic rings. The fourth-order valence-corrected chi connectivity index (χ4v) is 3.09. The van der Waals surface area contributed by atoms with Crippen molar-refractivity contribution in [2.75, 3.05) is 13.3 Å². The van der Waals surface area contributed by atoms with Crippen molar-refractivity contribution in [3.05, 3.63) is 63.6 Å². The van der Waals surface area contributed by atoms with E-state index in [-0.39, 0.29) is 10.5 Å². The van der Waals surface area contributed by atoms with Gasteiger partial charge in [-0.25, -0.2) is 8.78 Å². The average Bonchev–Trinajstić information content (AvgIpc) is 2.45. The van der Waals surface area contributed by atoms with Crippen molar-refractivity contribution >= 4 is 27.7 Å². The third kappa shape index (κ3) is 3.05. The standard InChI is InChI=1S/C15H14BrF2NS/c1-19-15(9-5-3-4-6-14(9)20-2)10-7-13(18)11(16)8-12(10)17/h3-8,15,19H,1-2H3. The summed E-state index contributed by atoms with van der Waals surface area (Å²) < 4.78 is 28.0. The second-order valence-electron chi connectivity index (χ2n) is 4.25. The third-order valence-corrected chi connectivity index (χ3v) is 4.51. The summed E-state index contributed by atoms with van der Waals surface area (Å²) in [5.74, 6) is -0.906. The molecular formula is C15H14BrF2NS. The summed E-state index contributed by atoms with van der Waals surface area (Å²) in [6, 6.07) is 9.73. The zero-order valence-electron chi connectivity index (χ0n) is 11.1. The number of halogens is 3. The van der Waals surface area contributed by atoms with E-state index in [1.54, 1.807) is 18.8 Å². The van der Waals surface area contributed by atoms with Crippen LogP contribution in [0.4, 0.5) is 8.78 Å². The molecule has 0 aliphatic heterocycles. The van der Waals surface area contributed by atoms with Gasteiger partial charge in [-0.05, 0) is 53.0 Å². The van der Waals surface area contributed by atoms with E-state index in [0.717, 1.165) is 16.5 Å². The first-order valence-corrected chi connectivity index (χ1v) is 8.05. The van der Waals surface area contributed by atoms with Crippen LogP contribution >= 0.6 is 27.7 Å². The molecule has 1 atom stereocenters. The maximum absolute atomic E-state index is 14.1. The van der Waals surface area contributed by atoms with Gasteiger partial charge in [-0.3, -0.25) is 0 Å². The lowest BCUT2D eigenvalue weighted by Crippen LogP contribution is -2.20. The Morgan fingerprint density at radius 3 is 2.45 bits per heavy atom. The third-order valence-electron chi connectivity index (χ3n) is 3.09. The summed E-state index contributed by atoms with van der Waals surface area (Å²) in [4.78, 5) is 1.04. The van der Waals surface area contributed by atoms with Crippen molar-refractivity contribution < 1.29 is 8.78 Å². The summed E-state index contributed by atoms with van der Waals surface area (Å²) in [5, 5.41) is 3.06. The van der Waals surface area contributed by atoms with Crippen LogP contribution in [0.2, 0.25) is 0 Å². The summed E-state index contributed by atoms with van der Waals surface area (Å²) >= 11 is 4.58. The number of benzene rings is 2. The number of nitrogens with one attached hydrogen (secondary N) is 1. The van der Waals surface area contributed by atoms with Gasteiger partial charge in [0.15, 0.2) is 0 Å². The van der Waals surface area contributed by atoms with Crippen LogP contribution in [-0.2, 0) is 0 Å². The molecule has 0 spiro atoms. The Kier molecular flexibility index (Phi) is 5.18. The average molecular weight is 358 g/mol. The van der Waals surface area contributed by atoms with Gasteiger partial charge in [0, 0.05) is 10.5 Å². The van der Waals surface area contributed by atoms with Gasteiger partial charge < -0.3 is 5.32 Å². The number of rotatable bonds is 4. The Bertz CT molecular complexity index is 619. The zero-order valence-corrected chi connectivity index (χ0v) is 13.5. The molecular weight excluding hydrogens is 344 g/mol. The van der Waals surface area contributed by atoms with Gasteiger partial charge in [-0.15, -0.1) is 11.8 Å². The summed E-state index contributed by atoms with van der Waals surface area (Å²) in [6.07, 6.45) is 1.96. The molecule has 0 bridgehead atoms. The monoisotopic (exact) mass is 357 g/mol. The maximum atomic E-state index is 14.1. The van der Waals surface area contributed by atoms with Crippen molar-refractivity contribution in [1.82, 2.24) is 5.32 Å². The molecule has 0 amide bonds. The number of hydrogen-bond donors (Lipinski definition) is 1. The SMILES string of the molecule is CNC(c1cc(F)c(Br)cc1F)c1ccccc1SC. The van der Waals surface area contributed by atoms with E-state index >= 15 is 0 Å². The first-order valence-electron chi connectivity index (χ1n) is 6.03. The molecule has 5 heteroatoms. The van der Waals surface area contributed by atoms with Gasteiger partial charge in [-0.1, -0.05) is 18.2 Å². The van der Waals surface area contributed by atoms with Crippen molar-refractivity contribution in [1.29, 1.82) is 0 Å². The second kappa shape index (κ2) is 6.70. The summed E-state index contributed by atoms with van der Waals surface area (Å²) in [6.45, 7) is 0. The molecule has 0 fully saturated rings. The van der Waals surface area contributed by atoms with Crippen LogP contribution in [0.1, 0.15) is 17.2 Å². The molecule has 0 aliphatic rings. The normalized spacial score (nSPS) is 12.4. The van der Waals surface area contributed by atoms with Gasteiger partial charge in [-0.2, -0.15) is 0 Å². The van der Waals surface area contributed by atoms with Crippen molar-refractivity contribution in [2.45, 2.75) is 10.9 Å². The molecule has 1 nitrogen and oxygen atoms in total. The Labute approximate surface area is 129 Å². The minimum Gasteiger partial charge on any atom is -0.309 e. The van der Waals surface area contributed by atoms with E-state index in [4.69, 9.17) is 0 Å². The highest BCUT2D eigenvalue weighted by Gasteiger charge is 2.20. The van der Waals surface area contributed by atoms with Gasteiger partial charge in [0.2, 0.25) is 0 Å². The number of thioether (sulfide) groups is 1. The second-order valence-corrected chi connectivity index (χ2v) is 5.95. The predicted octanol–water partition coefficient (Wildman–Crippen LogP) is 4.76. The smallest absolute Gasteiger partial charge is 0.137 e. The van der Waals surface area contributed by atoms with Gasteiger partial charge in [0.1, 0.15) is 11.6 Å². The Balaban J connectivity index is 2.55. The summed E-state index contributed by atoms with van der Waals surface area (Å²) in [7, 11) is 1.74. The van der Waals surface area contributed by atoms with Crippen LogP contribution in [0.25, 0.3) is 0 Å². The molecule has 0 aromatic heterocycles.